The predicted octanol–water partition coefficient (Wildman–Crippen LogP) is 1.77. The molecule has 1 unspecified atom stereocenters. The number of rotatable bonds is 6. The minimum Gasteiger partial charge on any atom is -0.378 e. The van der Waals surface area contributed by atoms with Crippen LogP contribution in [0.25, 0.3) is 0 Å². The molecule has 0 radical (unpaired) electrons. The molecule has 0 spiro atoms. The number of pyridine rings is 1. The van der Waals surface area contributed by atoms with Gasteiger partial charge in [0.15, 0.2) is 0 Å². The van der Waals surface area contributed by atoms with E-state index in [1.807, 2.05) is 30.3 Å². The lowest BCUT2D eigenvalue weighted by atomic mass is 10.0. The summed E-state index contributed by atoms with van der Waals surface area (Å²) < 4.78 is 5.44. The zero-order chi connectivity index (χ0) is 17.5. The maximum absolute atomic E-state index is 12.5. The van der Waals surface area contributed by atoms with Crippen LogP contribution in [0.1, 0.15) is 25.0 Å². The number of ether oxygens (including phenoxy) is 1. The van der Waals surface area contributed by atoms with Crippen molar-refractivity contribution in [2.75, 3.05) is 46.4 Å². The second-order valence-corrected chi connectivity index (χ2v) is 7.08. The Labute approximate surface area is 174 Å². The summed E-state index contributed by atoms with van der Waals surface area (Å²) in [6, 6.07) is 6.62. The normalized spacial score (nSPS) is 21.0. The zero-order valence-electron chi connectivity index (χ0n) is 16.0. The summed E-state index contributed by atoms with van der Waals surface area (Å²) in [7, 11) is 1.96. The van der Waals surface area contributed by atoms with Crippen LogP contribution in [-0.2, 0) is 16.0 Å². The summed E-state index contributed by atoms with van der Waals surface area (Å²) in [5, 5.41) is 3.36. The molecule has 154 valence electrons. The quantitative estimate of drug-likeness (QED) is 0.762. The highest BCUT2D eigenvalue weighted by molar-refractivity contribution is 5.85. The summed E-state index contributed by atoms with van der Waals surface area (Å²) in [5.41, 5.74) is 1.15. The first kappa shape index (κ1) is 24.1. The molecule has 0 bridgehead atoms. The summed E-state index contributed by atoms with van der Waals surface area (Å²) >= 11 is 0. The predicted molar refractivity (Wildman–Crippen MR) is 112 cm³/mol. The molecule has 2 saturated heterocycles. The van der Waals surface area contributed by atoms with Crippen LogP contribution in [0.15, 0.2) is 24.4 Å². The molecule has 8 heteroatoms. The summed E-state index contributed by atoms with van der Waals surface area (Å²) in [4.78, 5) is 21.4. The molecular formula is C19H32Cl2N4O2. The molecule has 2 aliphatic heterocycles. The first-order valence-electron chi connectivity index (χ1n) is 9.41. The first-order valence-corrected chi connectivity index (χ1v) is 9.41. The van der Waals surface area contributed by atoms with E-state index in [1.54, 1.807) is 0 Å². The number of likely N-dealkylation sites (tertiary alicyclic amines) is 1. The average molecular weight is 419 g/mol. The molecule has 0 saturated carbocycles. The van der Waals surface area contributed by atoms with Crippen molar-refractivity contribution in [3.05, 3.63) is 30.1 Å². The molecule has 0 aliphatic carbocycles. The van der Waals surface area contributed by atoms with Gasteiger partial charge in [0.05, 0.1) is 13.2 Å². The number of carbonyl (C=O) groups is 1. The number of carbonyl (C=O) groups excluding carboxylic acids is 1. The van der Waals surface area contributed by atoms with Gasteiger partial charge in [-0.05, 0) is 25.0 Å². The van der Waals surface area contributed by atoms with Crippen LogP contribution in [-0.4, -0.2) is 79.2 Å². The monoisotopic (exact) mass is 418 g/mol. The molecule has 1 N–H and O–H groups in total. The number of amides is 1. The van der Waals surface area contributed by atoms with E-state index >= 15 is 0 Å². The van der Waals surface area contributed by atoms with Gasteiger partial charge >= 0.3 is 0 Å². The van der Waals surface area contributed by atoms with Gasteiger partial charge in [-0.1, -0.05) is 6.07 Å². The smallest absolute Gasteiger partial charge is 0.224 e. The molecule has 3 heterocycles. The van der Waals surface area contributed by atoms with Crippen LogP contribution in [0, 0.1) is 0 Å². The molecule has 1 atom stereocenters. The first-order chi connectivity index (χ1) is 12.2. The Morgan fingerprint density at radius 1 is 1.33 bits per heavy atom. The van der Waals surface area contributed by atoms with Crippen LogP contribution in [0.4, 0.5) is 0 Å². The number of aromatic nitrogens is 1. The van der Waals surface area contributed by atoms with Crippen LogP contribution in [0.2, 0.25) is 0 Å². The van der Waals surface area contributed by atoms with E-state index in [2.05, 4.69) is 21.3 Å². The fourth-order valence-corrected chi connectivity index (χ4v) is 3.66. The fourth-order valence-electron chi connectivity index (χ4n) is 3.66. The van der Waals surface area contributed by atoms with Crippen molar-refractivity contribution in [1.82, 2.24) is 20.1 Å². The highest BCUT2D eigenvalue weighted by Gasteiger charge is 2.27. The van der Waals surface area contributed by atoms with Crippen molar-refractivity contribution in [3.8, 4) is 0 Å². The van der Waals surface area contributed by atoms with Crippen LogP contribution in [0.5, 0.6) is 0 Å². The molecule has 1 aromatic rings. The van der Waals surface area contributed by atoms with E-state index in [9.17, 15) is 4.79 Å². The number of nitrogens with one attached hydrogen (secondary N) is 1. The maximum atomic E-state index is 12.5. The number of hydrogen-bond donors (Lipinski definition) is 1. The summed E-state index contributed by atoms with van der Waals surface area (Å²) in [5.74, 6) is 0.231. The summed E-state index contributed by atoms with van der Waals surface area (Å²) in [6.07, 6.45) is 5.50. The number of piperidine rings is 1. The second kappa shape index (κ2) is 12.5. The van der Waals surface area contributed by atoms with Gasteiger partial charge in [0.1, 0.15) is 0 Å². The van der Waals surface area contributed by atoms with Crippen molar-refractivity contribution < 1.29 is 9.53 Å². The largest absolute Gasteiger partial charge is 0.378 e. The third kappa shape index (κ3) is 7.54. The minimum absolute atomic E-state index is 0. The van der Waals surface area contributed by atoms with E-state index < -0.39 is 0 Å². The highest BCUT2D eigenvalue weighted by atomic mass is 35.5. The Kier molecular flexibility index (Phi) is 11.2. The van der Waals surface area contributed by atoms with Crippen molar-refractivity contribution >= 4 is 30.7 Å². The van der Waals surface area contributed by atoms with E-state index in [-0.39, 0.29) is 36.8 Å². The highest BCUT2D eigenvalue weighted by Crippen LogP contribution is 2.17. The van der Waals surface area contributed by atoms with Gasteiger partial charge in [0.25, 0.3) is 0 Å². The third-order valence-electron chi connectivity index (χ3n) is 5.33. The van der Waals surface area contributed by atoms with Gasteiger partial charge in [-0.15, -0.1) is 24.8 Å². The zero-order valence-corrected chi connectivity index (χ0v) is 17.6. The van der Waals surface area contributed by atoms with Crippen LogP contribution in [0.3, 0.4) is 0 Å². The third-order valence-corrected chi connectivity index (χ3v) is 5.33. The molecule has 3 rings (SSSR count). The topological polar surface area (TPSA) is 57.7 Å². The van der Waals surface area contributed by atoms with E-state index in [4.69, 9.17) is 4.74 Å². The molecule has 6 nitrogen and oxygen atoms in total. The van der Waals surface area contributed by atoms with Crippen molar-refractivity contribution in [3.63, 3.8) is 0 Å². The Hall–Kier alpha value is -0.920. The Morgan fingerprint density at radius 3 is 2.74 bits per heavy atom. The number of hydrogen-bond acceptors (Lipinski definition) is 5. The number of morpholine rings is 1. The summed E-state index contributed by atoms with van der Waals surface area (Å²) in [6.45, 7) is 5.39. The van der Waals surface area contributed by atoms with Gasteiger partial charge < -0.3 is 19.9 Å². The van der Waals surface area contributed by atoms with E-state index in [1.165, 1.54) is 0 Å². The second-order valence-electron chi connectivity index (χ2n) is 7.08. The molecule has 1 aromatic heterocycles. The molecule has 2 fully saturated rings. The van der Waals surface area contributed by atoms with Gasteiger partial charge in [0.2, 0.25) is 5.91 Å². The van der Waals surface area contributed by atoms with Gasteiger partial charge in [0, 0.05) is 70.0 Å². The van der Waals surface area contributed by atoms with Gasteiger partial charge in [-0.25, -0.2) is 0 Å². The molecule has 1 amide bonds. The Bertz CT molecular complexity index is 536. The Balaban J connectivity index is 0.00000182. The molecule has 2 aliphatic rings. The van der Waals surface area contributed by atoms with E-state index in [0.29, 0.717) is 19.1 Å². The van der Waals surface area contributed by atoms with Crippen molar-refractivity contribution in [1.29, 1.82) is 0 Å². The van der Waals surface area contributed by atoms with Gasteiger partial charge in [-0.3, -0.25) is 9.78 Å². The number of nitrogens with zero attached hydrogens (tertiary/aromatic N) is 3. The maximum Gasteiger partial charge on any atom is 0.224 e. The fraction of sp³-hybridized carbons (Fsp3) is 0.684. The van der Waals surface area contributed by atoms with Crippen LogP contribution < -0.4 is 5.32 Å². The SMILES string of the molecule is CN(C(=O)CC1COCCN1)C1CCN(CCc2ccccn2)CC1.Cl.Cl. The van der Waals surface area contributed by atoms with Crippen LogP contribution >= 0.6 is 24.8 Å². The minimum atomic E-state index is 0. The van der Waals surface area contributed by atoms with Crippen molar-refractivity contribution in [2.45, 2.75) is 37.8 Å². The molecule has 27 heavy (non-hydrogen) atoms. The lowest BCUT2D eigenvalue weighted by Gasteiger charge is -2.37. The number of halogens is 2. The van der Waals surface area contributed by atoms with Crippen molar-refractivity contribution in [2.24, 2.45) is 0 Å². The van der Waals surface area contributed by atoms with E-state index in [0.717, 1.165) is 57.7 Å². The molecule has 0 aromatic carbocycles. The average Bonchev–Trinajstić information content (AvgIpc) is 2.68. The lowest BCUT2D eigenvalue weighted by Crippen LogP contribution is -2.49. The standard InChI is InChI=1S/C19H30N4O2.2ClH/c1-22(19(24)14-17-15-25-13-9-21-17)18-6-11-23(12-7-18)10-5-16-4-2-3-8-20-16;;/h2-4,8,17-18,21H,5-7,9-15H2,1H3;2*1H. The van der Waals surface area contributed by atoms with Gasteiger partial charge in [-0.2, -0.15) is 0 Å². The lowest BCUT2D eigenvalue weighted by molar-refractivity contribution is -0.134. The molecular weight excluding hydrogens is 387 g/mol. The Morgan fingerprint density at radius 2 is 2.11 bits per heavy atom.